The lowest BCUT2D eigenvalue weighted by atomic mass is 9.86. The highest BCUT2D eigenvalue weighted by Crippen LogP contribution is 2.32. The van der Waals surface area contributed by atoms with Gasteiger partial charge in [-0.15, -0.1) is 0 Å². The molecule has 0 spiro atoms. The summed E-state index contributed by atoms with van der Waals surface area (Å²) < 4.78 is 11.4. The van der Waals surface area contributed by atoms with E-state index in [0.29, 0.717) is 30.3 Å². The van der Waals surface area contributed by atoms with Crippen LogP contribution in [-0.4, -0.2) is 24.4 Å². The van der Waals surface area contributed by atoms with E-state index in [1.54, 1.807) is 0 Å². The van der Waals surface area contributed by atoms with Crippen LogP contribution in [0.3, 0.4) is 0 Å². The summed E-state index contributed by atoms with van der Waals surface area (Å²) in [7, 11) is 0. The standard InChI is InChI=1S/C17H24N2O2S/c1-12-5-2-3-6-14(12)19-17(22)18-13-7-8-15-16(11-13)21-10-4-9-20-15/h7-8,11-12,14H,2-6,9-10H2,1H3,(H2,18,19,22)/t12-,14+/m1/s1. The van der Waals surface area contributed by atoms with Crippen LogP contribution in [0.1, 0.15) is 39.0 Å². The van der Waals surface area contributed by atoms with E-state index in [2.05, 4.69) is 17.6 Å². The van der Waals surface area contributed by atoms with Gasteiger partial charge in [0.15, 0.2) is 16.6 Å². The van der Waals surface area contributed by atoms with Gasteiger partial charge in [0.25, 0.3) is 0 Å². The molecule has 0 saturated heterocycles. The van der Waals surface area contributed by atoms with Gasteiger partial charge in [0, 0.05) is 24.2 Å². The first kappa shape index (κ1) is 15.4. The molecule has 4 nitrogen and oxygen atoms in total. The number of thiocarbonyl (C=S) groups is 1. The van der Waals surface area contributed by atoms with Crippen LogP contribution in [0.5, 0.6) is 11.5 Å². The van der Waals surface area contributed by atoms with Crippen molar-refractivity contribution in [2.75, 3.05) is 18.5 Å². The number of ether oxygens (including phenoxy) is 2. The predicted molar refractivity (Wildman–Crippen MR) is 92.8 cm³/mol. The zero-order valence-corrected chi connectivity index (χ0v) is 13.9. The Morgan fingerprint density at radius 1 is 1.09 bits per heavy atom. The lowest BCUT2D eigenvalue weighted by Gasteiger charge is -2.30. The normalized spacial score (nSPS) is 24.2. The van der Waals surface area contributed by atoms with E-state index in [1.807, 2.05) is 18.2 Å². The fraction of sp³-hybridized carbons (Fsp3) is 0.588. The zero-order chi connectivity index (χ0) is 15.4. The second kappa shape index (κ2) is 7.18. The molecule has 2 atom stereocenters. The van der Waals surface area contributed by atoms with Crippen LogP contribution in [0.15, 0.2) is 18.2 Å². The van der Waals surface area contributed by atoms with Gasteiger partial charge in [0.1, 0.15) is 0 Å². The van der Waals surface area contributed by atoms with Crippen LogP contribution in [0.4, 0.5) is 5.69 Å². The van der Waals surface area contributed by atoms with E-state index in [4.69, 9.17) is 21.7 Å². The molecular weight excluding hydrogens is 296 g/mol. The molecule has 3 rings (SSSR count). The van der Waals surface area contributed by atoms with Crippen LogP contribution < -0.4 is 20.1 Å². The summed E-state index contributed by atoms with van der Waals surface area (Å²) in [6.07, 6.45) is 6.02. The highest BCUT2D eigenvalue weighted by Gasteiger charge is 2.21. The number of rotatable bonds is 2. The summed E-state index contributed by atoms with van der Waals surface area (Å²) in [6, 6.07) is 6.36. The lowest BCUT2D eigenvalue weighted by molar-refractivity contribution is 0.297. The molecule has 1 aromatic rings. The average molecular weight is 320 g/mol. The maximum atomic E-state index is 5.71. The van der Waals surface area contributed by atoms with E-state index in [1.165, 1.54) is 25.7 Å². The fourth-order valence-corrected chi connectivity index (χ4v) is 3.38. The van der Waals surface area contributed by atoms with Gasteiger partial charge in [0.2, 0.25) is 0 Å². The summed E-state index contributed by atoms with van der Waals surface area (Å²) >= 11 is 5.46. The number of nitrogens with one attached hydrogen (secondary N) is 2. The molecule has 22 heavy (non-hydrogen) atoms. The molecule has 0 unspecified atom stereocenters. The van der Waals surface area contributed by atoms with Gasteiger partial charge in [-0.2, -0.15) is 0 Å². The van der Waals surface area contributed by atoms with E-state index in [9.17, 15) is 0 Å². The van der Waals surface area contributed by atoms with Crippen LogP contribution in [0, 0.1) is 5.92 Å². The number of anilines is 1. The minimum Gasteiger partial charge on any atom is -0.490 e. The third-order valence-electron chi connectivity index (χ3n) is 4.43. The Kier molecular flexibility index (Phi) is 5.03. The van der Waals surface area contributed by atoms with Crippen LogP contribution in [-0.2, 0) is 0 Å². The van der Waals surface area contributed by atoms with E-state index < -0.39 is 0 Å². The number of hydrogen-bond donors (Lipinski definition) is 2. The summed E-state index contributed by atoms with van der Waals surface area (Å²) in [5.74, 6) is 2.27. The number of hydrogen-bond acceptors (Lipinski definition) is 3. The minimum atomic E-state index is 0.481. The molecule has 0 radical (unpaired) electrons. The van der Waals surface area contributed by atoms with Gasteiger partial charge < -0.3 is 20.1 Å². The number of fused-ring (bicyclic) bond motifs is 1. The van der Waals surface area contributed by atoms with Crippen molar-refractivity contribution in [3.8, 4) is 11.5 Å². The predicted octanol–water partition coefficient (Wildman–Crippen LogP) is 3.71. The molecule has 0 amide bonds. The van der Waals surface area contributed by atoms with Crippen molar-refractivity contribution < 1.29 is 9.47 Å². The Hall–Kier alpha value is -1.49. The average Bonchev–Trinajstić information content (AvgIpc) is 2.74. The Morgan fingerprint density at radius 3 is 2.68 bits per heavy atom. The van der Waals surface area contributed by atoms with Crippen molar-refractivity contribution in [3.05, 3.63) is 18.2 Å². The highest BCUT2D eigenvalue weighted by molar-refractivity contribution is 7.80. The third-order valence-corrected chi connectivity index (χ3v) is 4.65. The summed E-state index contributed by atoms with van der Waals surface area (Å²) in [6.45, 7) is 3.70. The summed E-state index contributed by atoms with van der Waals surface area (Å²) in [5, 5.41) is 7.41. The lowest BCUT2D eigenvalue weighted by Crippen LogP contribution is -2.43. The molecule has 0 bridgehead atoms. The second-order valence-electron chi connectivity index (χ2n) is 6.18. The molecule has 2 aliphatic rings. The molecule has 1 aliphatic carbocycles. The molecule has 1 heterocycles. The topological polar surface area (TPSA) is 42.5 Å². The van der Waals surface area contributed by atoms with Gasteiger partial charge in [-0.25, -0.2) is 0 Å². The van der Waals surface area contributed by atoms with Crippen molar-refractivity contribution >= 4 is 23.0 Å². The summed E-state index contributed by atoms with van der Waals surface area (Å²) in [4.78, 5) is 0. The maximum absolute atomic E-state index is 5.71. The SMILES string of the molecule is C[C@@H]1CCCC[C@@H]1NC(=S)Nc1ccc2c(c1)OCCCO2. The van der Waals surface area contributed by atoms with Crippen molar-refractivity contribution in [2.24, 2.45) is 5.92 Å². The first-order valence-electron chi connectivity index (χ1n) is 8.19. The molecule has 1 aromatic carbocycles. The van der Waals surface area contributed by atoms with Crippen molar-refractivity contribution in [1.82, 2.24) is 5.32 Å². The molecule has 120 valence electrons. The molecule has 1 aliphatic heterocycles. The highest BCUT2D eigenvalue weighted by atomic mass is 32.1. The second-order valence-corrected chi connectivity index (χ2v) is 6.59. The van der Waals surface area contributed by atoms with Gasteiger partial charge in [-0.3, -0.25) is 0 Å². The van der Waals surface area contributed by atoms with Crippen molar-refractivity contribution in [1.29, 1.82) is 0 Å². The summed E-state index contributed by atoms with van der Waals surface area (Å²) in [5.41, 5.74) is 0.935. The van der Waals surface area contributed by atoms with E-state index in [-0.39, 0.29) is 0 Å². The van der Waals surface area contributed by atoms with Crippen LogP contribution >= 0.6 is 12.2 Å². The van der Waals surface area contributed by atoms with Gasteiger partial charge in [-0.05, 0) is 43.1 Å². The maximum Gasteiger partial charge on any atom is 0.171 e. The minimum absolute atomic E-state index is 0.481. The Morgan fingerprint density at radius 2 is 1.86 bits per heavy atom. The first-order valence-corrected chi connectivity index (χ1v) is 8.60. The quantitative estimate of drug-likeness (QED) is 0.813. The Labute approximate surface area is 137 Å². The van der Waals surface area contributed by atoms with E-state index >= 15 is 0 Å². The zero-order valence-electron chi connectivity index (χ0n) is 13.1. The smallest absolute Gasteiger partial charge is 0.171 e. The molecule has 1 saturated carbocycles. The van der Waals surface area contributed by atoms with Gasteiger partial charge in [0.05, 0.1) is 13.2 Å². The Balaban J connectivity index is 1.60. The van der Waals surface area contributed by atoms with Crippen LogP contribution in [0.2, 0.25) is 0 Å². The molecule has 2 N–H and O–H groups in total. The van der Waals surface area contributed by atoms with Crippen molar-refractivity contribution in [3.63, 3.8) is 0 Å². The molecule has 1 fully saturated rings. The van der Waals surface area contributed by atoms with E-state index in [0.717, 1.165) is 23.6 Å². The molecular formula is C17H24N2O2S. The van der Waals surface area contributed by atoms with Gasteiger partial charge >= 0.3 is 0 Å². The van der Waals surface area contributed by atoms with Crippen molar-refractivity contribution in [2.45, 2.75) is 45.1 Å². The Bertz CT molecular complexity index is 535. The molecule has 5 heteroatoms. The fourth-order valence-electron chi connectivity index (χ4n) is 3.11. The monoisotopic (exact) mass is 320 g/mol. The third kappa shape index (κ3) is 3.83. The number of benzene rings is 1. The first-order chi connectivity index (χ1) is 10.7. The largest absolute Gasteiger partial charge is 0.490 e. The molecule has 0 aromatic heterocycles. The van der Waals surface area contributed by atoms with Crippen LogP contribution in [0.25, 0.3) is 0 Å². The van der Waals surface area contributed by atoms with Gasteiger partial charge in [-0.1, -0.05) is 19.8 Å².